The fourth-order valence-corrected chi connectivity index (χ4v) is 5.01. The average molecular weight is 490 g/mol. The Bertz CT molecular complexity index is 1210. The highest BCUT2D eigenvalue weighted by molar-refractivity contribution is 8.26. The van der Waals surface area contributed by atoms with Gasteiger partial charge in [-0.3, -0.25) is 9.69 Å². The molecule has 4 rings (SSSR count). The number of carboxylic acids is 1. The first-order valence-electron chi connectivity index (χ1n) is 10.8. The molecule has 1 atom stereocenters. The number of hydrogen-bond acceptors (Lipinski definition) is 5. The molecule has 1 aliphatic heterocycles. The van der Waals surface area contributed by atoms with Crippen LogP contribution in [0, 0.1) is 0 Å². The quantitative estimate of drug-likeness (QED) is 0.329. The summed E-state index contributed by atoms with van der Waals surface area (Å²) in [6.07, 6.45) is 2.70. The molecule has 0 aromatic heterocycles. The molecule has 5 nitrogen and oxygen atoms in total. The largest absolute Gasteiger partial charge is 0.493 e. The van der Waals surface area contributed by atoms with E-state index >= 15 is 0 Å². The van der Waals surface area contributed by atoms with Crippen LogP contribution in [0.25, 0.3) is 6.08 Å². The molecule has 1 amide bonds. The number of carbonyl (C=O) groups excluding carboxylic acids is 1. The summed E-state index contributed by atoms with van der Waals surface area (Å²) >= 11 is 6.51. The molecule has 0 unspecified atom stereocenters. The molecule has 1 saturated heterocycles. The van der Waals surface area contributed by atoms with Crippen LogP contribution in [0.4, 0.5) is 0 Å². The first-order chi connectivity index (χ1) is 16.5. The van der Waals surface area contributed by atoms with Crippen molar-refractivity contribution in [1.29, 1.82) is 0 Å². The third-order valence-corrected chi connectivity index (χ3v) is 6.68. The summed E-state index contributed by atoms with van der Waals surface area (Å²) < 4.78 is 6.13. The Labute approximate surface area is 208 Å². The molecule has 1 heterocycles. The van der Waals surface area contributed by atoms with Crippen LogP contribution in [0.3, 0.4) is 0 Å². The maximum atomic E-state index is 13.1. The van der Waals surface area contributed by atoms with Crippen molar-refractivity contribution in [3.05, 3.63) is 107 Å². The molecule has 0 radical (unpaired) electrons. The highest BCUT2D eigenvalue weighted by Gasteiger charge is 2.40. The van der Waals surface area contributed by atoms with E-state index in [4.69, 9.17) is 17.0 Å². The van der Waals surface area contributed by atoms with Gasteiger partial charge < -0.3 is 9.84 Å². The van der Waals surface area contributed by atoms with Gasteiger partial charge in [0.2, 0.25) is 0 Å². The van der Waals surface area contributed by atoms with Crippen LogP contribution < -0.4 is 4.74 Å². The molecule has 1 fully saturated rings. The molecule has 0 saturated carbocycles. The zero-order valence-electron chi connectivity index (χ0n) is 18.3. The predicted octanol–water partition coefficient (Wildman–Crippen LogP) is 5.21. The maximum Gasteiger partial charge on any atom is 0.327 e. The Balaban J connectivity index is 1.46. The predicted molar refractivity (Wildman–Crippen MR) is 139 cm³/mol. The number of aliphatic carboxylic acids is 1. The van der Waals surface area contributed by atoms with E-state index in [1.807, 2.05) is 72.8 Å². The zero-order valence-corrected chi connectivity index (χ0v) is 19.9. The summed E-state index contributed by atoms with van der Waals surface area (Å²) in [6.45, 7) is 0.537. The van der Waals surface area contributed by atoms with Gasteiger partial charge in [-0.1, -0.05) is 96.8 Å². The SMILES string of the molecule is O=C(O)[C@H](Cc1ccccc1)N1C(=O)/C(=C/c2cccc(OCCc3ccccc3)c2)SC1=S. The standard InChI is InChI=1S/C27H23NO4S2/c29-25-24(34-27(33)28(25)23(26(30)31)17-20-10-5-2-6-11-20)18-21-12-7-13-22(16-21)32-15-14-19-8-3-1-4-9-19/h1-13,16,18,23H,14-15,17H2,(H,30,31)/b24-18-/t23-/m0/s1. The summed E-state index contributed by atoms with van der Waals surface area (Å²) in [4.78, 5) is 26.7. The first-order valence-corrected chi connectivity index (χ1v) is 12.0. The van der Waals surface area contributed by atoms with Gasteiger partial charge in [-0.2, -0.15) is 0 Å². The summed E-state index contributed by atoms with van der Waals surface area (Å²) in [5.41, 5.74) is 2.81. The number of rotatable bonds is 9. The fraction of sp³-hybridized carbons (Fsp3) is 0.148. The molecule has 0 aliphatic carbocycles. The number of thioether (sulfide) groups is 1. The van der Waals surface area contributed by atoms with Crippen molar-refractivity contribution < 1.29 is 19.4 Å². The minimum Gasteiger partial charge on any atom is -0.493 e. The fourth-order valence-electron chi connectivity index (χ4n) is 3.65. The highest BCUT2D eigenvalue weighted by Crippen LogP contribution is 2.35. The topological polar surface area (TPSA) is 66.8 Å². The third-order valence-electron chi connectivity index (χ3n) is 5.35. The van der Waals surface area contributed by atoms with E-state index in [2.05, 4.69) is 12.1 Å². The van der Waals surface area contributed by atoms with Crippen molar-refractivity contribution in [2.45, 2.75) is 18.9 Å². The molecular formula is C27H23NO4S2. The number of hydrogen-bond donors (Lipinski definition) is 1. The van der Waals surface area contributed by atoms with Crippen LogP contribution in [-0.2, 0) is 22.4 Å². The van der Waals surface area contributed by atoms with Crippen molar-refractivity contribution in [2.24, 2.45) is 0 Å². The lowest BCUT2D eigenvalue weighted by molar-refractivity contribution is -0.145. The van der Waals surface area contributed by atoms with Crippen molar-refractivity contribution in [1.82, 2.24) is 4.90 Å². The van der Waals surface area contributed by atoms with E-state index in [0.29, 0.717) is 17.3 Å². The number of amides is 1. The second-order valence-corrected chi connectivity index (χ2v) is 9.43. The van der Waals surface area contributed by atoms with Crippen LogP contribution in [-0.4, -0.2) is 38.9 Å². The van der Waals surface area contributed by atoms with E-state index < -0.39 is 17.9 Å². The number of carboxylic acid groups (broad SMARTS) is 1. The molecule has 34 heavy (non-hydrogen) atoms. The number of benzene rings is 3. The number of carbonyl (C=O) groups is 2. The molecule has 0 bridgehead atoms. The summed E-state index contributed by atoms with van der Waals surface area (Å²) in [6, 6.07) is 25.7. The van der Waals surface area contributed by atoms with Gasteiger partial charge in [-0.25, -0.2) is 4.79 Å². The highest BCUT2D eigenvalue weighted by atomic mass is 32.2. The Hall–Kier alpha value is -3.42. The van der Waals surface area contributed by atoms with Gasteiger partial charge in [0.25, 0.3) is 5.91 Å². The van der Waals surface area contributed by atoms with Gasteiger partial charge in [0, 0.05) is 12.8 Å². The van der Waals surface area contributed by atoms with Crippen LogP contribution in [0.15, 0.2) is 89.8 Å². The molecule has 172 valence electrons. The first kappa shape index (κ1) is 23.7. The van der Waals surface area contributed by atoms with Gasteiger partial charge in [-0.15, -0.1) is 0 Å². The molecule has 7 heteroatoms. The number of thiocarbonyl (C=S) groups is 1. The van der Waals surface area contributed by atoms with Crippen LogP contribution in [0.1, 0.15) is 16.7 Å². The summed E-state index contributed by atoms with van der Waals surface area (Å²) in [5, 5.41) is 9.81. The van der Waals surface area contributed by atoms with E-state index in [0.717, 1.165) is 29.3 Å². The lowest BCUT2D eigenvalue weighted by atomic mass is 10.0. The number of nitrogens with zero attached hydrogens (tertiary/aromatic N) is 1. The monoisotopic (exact) mass is 489 g/mol. The lowest BCUT2D eigenvalue weighted by Crippen LogP contribution is -2.45. The van der Waals surface area contributed by atoms with Gasteiger partial charge in [0.1, 0.15) is 16.1 Å². The molecular weight excluding hydrogens is 466 g/mol. The smallest absolute Gasteiger partial charge is 0.327 e. The van der Waals surface area contributed by atoms with E-state index in [1.54, 1.807) is 6.08 Å². The van der Waals surface area contributed by atoms with Crippen molar-refractivity contribution in [2.75, 3.05) is 6.61 Å². The van der Waals surface area contributed by atoms with Gasteiger partial charge in [0.15, 0.2) is 0 Å². The van der Waals surface area contributed by atoms with E-state index in [9.17, 15) is 14.7 Å². The van der Waals surface area contributed by atoms with Crippen LogP contribution in [0.2, 0.25) is 0 Å². The summed E-state index contributed by atoms with van der Waals surface area (Å²) in [7, 11) is 0. The average Bonchev–Trinajstić information content (AvgIpc) is 3.11. The maximum absolute atomic E-state index is 13.1. The van der Waals surface area contributed by atoms with E-state index in [1.165, 1.54) is 10.5 Å². The second kappa shape index (κ2) is 11.1. The molecule has 3 aromatic carbocycles. The van der Waals surface area contributed by atoms with Crippen molar-refractivity contribution in [3.8, 4) is 5.75 Å². The van der Waals surface area contributed by atoms with Gasteiger partial charge >= 0.3 is 5.97 Å². The van der Waals surface area contributed by atoms with Gasteiger partial charge in [0.05, 0.1) is 11.5 Å². The Morgan fingerprint density at radius 1 is 1.00 bits per heavy atom. The zero-order chi connectivity index (χ0) is 23.9. The van der Waals surface area contributed by atoms with Crippen molar-refractivity contribution in [3.63, 3.8) is 0 Å². The lowest BCUT2D eigenvalue weighted by Gasteiger charge is -2.23. The normalized spacial score (nSPS) is 15.5. The molecule has 3 aromatic rings. The minimum atomic E-state index is -1.09. The van der Waals surface area contributed by atoms with Crippen LogP contribution in [0.5, 0.6) is 5.75 Å². The third kappa shape index (κ3) is 5.92. The Morgan fingerprint density at radius 2 is 1.68 bits per heavy atom. The number of ether oxygens (including phenoxy) is 1. The minimum absolute atomic E-state index is 0.181. The van der Waals surface area contributed by atoms with Crippen LogP contribution >= 0.6 is 24.0 Å². The molecule has 0 spiro atoms. The Morgan fingerprint density at radius 3 is 2.35 bits per heavy atom. The Kier molecular flexibility index (Phi) is 7.77. The second-order valence-electron chi connectivity index (χ2n) is 7.75. The molecule has 1 aliphatic rings. The molecule has 1 N–H and O–H groups in total. The van der Waals surface area contributed by atoms with Gasteiger partial charge in [-0.05, 0) is 34.9 Å². The van der Waals surface area contributed by atoms with E-state index in [-0.39, 0.29) is 10.7 Å². The summed E-state index contributed by atoms with van der Waals surface area (Å²) in [5.74, 6) is -0.781. The van der Waals surface area contributed by atoms with Crippen molar-refractivity contribution >= 4 is 46.3 Å².